The van der Waals surface area contributed by atoms with Gasteiger partial charge in [0.05, 0.1) is 12.3 Å². The Bertz CT molecular complexity index is 754. The molecule has 0 spiro atoms. The van der Waals surface area contributed by atoms with Crippen molar-refractivity contribution in [1.82, 2.24) is 9.99 Å². The maximum atomic E-state index is 11.2. The van der Waals surface area contributed by atoms with E-state index in [9.17, 15) is 4.79 Å². The van der Waals surface area contributed by atoms with E-state index in [0.717, 1.165) is 27.1 Å². The van der Waals surface area contributed by atoms with E-state index in [-0.39, 0.29) is 6.42 Å². The van der Waals surface area contributed by atoms with E-state index in [1.54, 1.807) is 12.3 Å². The third-order valence-corrected chi connectivity index (χ3v) is 3.72. The van der Waals surface area contributed by atoms with Gasteiger partial charge in [0.15, 0.2) is 0 Å². The van der Waals surface area contributed by atoms with Gasteiger partial charge in [-0.15, -0.1) is 0 Å². The summed E-state index contributed by atoms with van der Waals surface area (Å²) in [6, 6.07) is 11.8. The summed E-state index contributed by atoms with van der Waals surface area (Å²) in [4.78, 5) is 11.2. The van der Waals surface area contributed by atoms with Crippen LogP contribution < -0.4 is 5.43 Å². The second-order valence-electron chi connectivity index (χ2n) is 4.77. The lowest BCUT2D eigenvalue weighted by Crippen LogP contribution is -2.16. The lowest BCUT2D eigenvalue weighted by Gasteiger charge is -2.09. The monoisotopic (exact) mass is 358 g/mol. The smallest absolute Gasteiger partial charge is 0.254 e. The highest BCUT2D eigenvalue weighted by molar-refractivity contribution is 9.10. The molecule has 1 aromatic carbocycles. The first-order chi connectivity index (χ1) is 10.5. The number of carbonyl (C=O) groups excluding carboxylic acids is 1. The molecule has 2 aromatic rings. The molecule has 2 rings (SSSR count). The number of nitriles is 1. The number of rotatable bonds is 4. The minimum atomic E-state index is -0.416. The van der Waals surface area contributed by atoms with Crippen molar-refractivity contribution < 1.29 is 4.79 Å². The molecule has 6 heteroatoms. The summed E-state index contributed by atoms with van der Waals surface area (Å²) in [6.45, 7) is 4.01. The van der Waals surface area contributed by atoms with Crippen LogP contribution in [-0.2, 0) is 4.79 Å². The third-order valence-electron chi connectivity index (χ3n) is 3.19. The van der Waals surface area contributed by atoms with Crippen molar-refractivity contribution in [2.75, 3.05) is 0 Å². The fourth-order valence-electron chi connectivity index (χ4n) is 2.19. The zero-order valence-electron chi connectivity index (χ0n) is 12.3. The Labute approximate surface area is 137 Å². The average molecular weight is 359 g/mol. The lowest BCUT2D eigenvalue weighted by molar-refractivity contribution is -0.120. The summed E-state index contributed by atoms with van der Waals surface area (Å²) < 4.78 is 3.14. The minimum Gasteiger partial charge on any atom is -0.318 e. The molecular weight excluding hydrogens is 344 g/mol. The van der Waals surface area contributed by atoms with Crippen molar-refractivity contribution in [2.24, 2.45) is 5.10 Å². The van der Waals surface area contributed by atoms with Crippen molar-refractivity contribution in [1.29, 1.82) is 5.26 Å². The Balaban J connectivity index is 2.24. The Morgan fingerprint density at radius 1 is 1.41 bits per heavy atom. The molecule has 112 valence electrons. The van der Waals surface area contributed by atoms with E-state index in [1.807, 2.05) is 44.2 Å². The second-order valence-corrected chi connectivity index (χ2v) is 5.68. The molecule has 0 aliphatic heterocycles. The van der Waals surface area contributed by atoms with Gasteiger partial charge >= 0.3 is 0 Å². The van der Waals surface area contributed by atoms with Gasteiger partial charge in [0.1, 0.15) is 6.42 Å². The highest BCUT2D eigenvalue weighted by atomic mass is 79.9. The van der Waals surface area contributed by atoms with Crippen LogP contribution in [0.25, 0.3) is 5.69 Å². The number of halogens is 1. The number of hydrogen-bond acceptors (Lipinski definition) is 3. The first-order valence-corrected chi connectivity index (χ1v) is 7.46. The van der Waals surface area contributed by atoms with Crippen LogP contribution in [-0.4, -0.2) is 16.7 Å². The molecule has 1 amide bonds. The van der Waals surface area contributed by atoms with Crippen LogP contribution in [0, 0.1) is 25.2 Å². The van der Waals surface area contributed by atoms with Gasteiger partial charge in [-0.3, -0.25) is 4.79 Å². The van der Waals surface area contributed by atoms with Crippen molar-refractivity contribution in [3.05, 3.63) is 51.8 Å². The Morgan fingerprint density at radius 3 is 2.73 bits per heavy atom. The largest absolute Gasteiger partial charge is 0.318 e. The van der Waals surface area contributed by atoms with Gasteiger partial charge in [-0.1, -0.05) is 15.9 Å². The van der Waals surface area contributed by atoms with Gasteiger partial charge in [0.25, 0.3) is 5.91 Å². The molecular formula is C16H15BrN4O. The first kappa shape index (κ1) is 16.0. The van der Waals surface area contributed by atoms with Crippen LogP contribution in [0.4, 0.5) is 0 Å². The number of nitrogens with zero attached hydrogens (tertiary/aromatic N) is 3. The lowest BCUT2D eigenvalue weighted by atomic mass is 10.2. The third kappa shape index (κ3) is 3.62. The number of aryl methyl sites for hydroxylation is 1. The predicted molar refractivity (Wildman–Crippen MR) is 88.9 cm³/mol. The van der Waals surface area contributed by atoms with E-state index < -0.39 is 5.91 Å². The summed E-state index contributed by atoms with van der Waals surface area (Å²) in [5, 5.41) is 12.3. The van der Waals surface area contributed by atoms with E-state index in [1.165, 1.54) is 0 Å². The van der Waals surface area contributed by atoms with Gasteiger partial charge in [0, 0.05) is 27.1 Å². The van der Waals surface area contributed by atoms with E-state index in [2.05, 4.69) is 31.0 Å². The zero-order valence-corrected chi connectivity index (χ0v) is 13.9. The molecule has 1 heterocycles. The molecule has 0 aliphatic rings. The van der Waals surface area contributed by atoms with Crippen LogP contribution in [0.15, 0.2) is 39.9 Å². The van der Waals surface area contributed by atoms with Crippen molar-refractivity contribution >= 4 is 28.1 Å². The van der Waals surface area contributed by atoms with Crippen LogP contribution in [0.1, 0.15) is 23.4 Å². The summed E-state index contributed by atoms with van der Waals surface area (Å²) in [6.07, 6.45) is 1.39. The molecule has 0 radical (unpaired) electrons. The van der Waals surface area contributed by atoms with Crippen molar-refractivity contribution in [3.8, 4) is 11.8 Å². The number of hydrogen-bond donors (Lipinski definition) is 1. The molecule has 5 nitrogen and oxygen atoms in total. The van der Waals surface area contributed by atoms with E-state index in [0.29, 0.717) is 0 Å². The standard InChI is InChI=1S/C16H15BrN4O/c1-11-9-13(10-19-20-16(22)7-8-18)12(2)21(11)15-5-3-14(17)4-6-15/h3-6,9-10H,7H2,1-2H3,(H,20,22)/b19-10+. The molecule has 0 unspecified atom stereocenters. The van der Waals surface area contributed by atoms with Gasteiger partial charge in [-0.2, -0.15) is 10.4 Å². The Hall–Kier alpha value is -2.39. The molecule has 0 saturated heterocycles. The first-order valence-electron chi connectivity index (χ1n) is 6.66. The van der Waals surface area contributed by atoms with Crippen LogP contribution in [0.2, 0.25) is 0 Å². The molecule has 0 fully saturated rings. The van der Waals surface area contributed by atoms with Crippen LogP contribution in [0.5, 0.6) is 0 Å². The molecule has 1 N–H and O–H groups in total. The van der Waals surface area contributed by atoms with Crippen LogP contribution >= 0.6 is 15.9 Å². The molecule has 1 aromatic heterocycles. The summed E-state index contributed by atoms with van der Waals surface area (Å²) >= 11 is 3.43. The Morgan fingerprint density at radius 2 is 2.09 bits per heavy atom. The number of benzene rings is 1. The molecule has 0 aliphatic carbocycles. The van der Waals surface area contributed by atoms with Crippen LogP contribution in [0.3, 0.4) is 0 Å². The zero-order chi connectivity index (χ0) is 16.1. The predicted octanol–water partition coefficient (Wildman–Crippen LogP) is 3.22. The topological polar surface area (TPSA) is 70.2 Å². The number of amides is 1. The van der Waals surface area contributed by atoms with Gasteiger partial charge in [0.2, 0.25) is 0 Å². The maximum absolute atomic E-state index is 11.2. The highest BCUT2D eigenvalue weighted by Crippen LogP contribution is 2.21. The normalized spacial score (nSPS) is 10.6. The van der Waals surface area contributed by atoms with E-state index in [4.69, 9.17) is 5.26 Å². The Kier molecular flexibility index (Phi) is 5.12. The van der Waals surface area contributed by atoms with Gasteiger partial charge < -0.3 is 4.57 Å². The van der Waals surface area contributed by atoms with E-state index >= 15 is 0 Å². The number of carbonyl (C=O) groups is 1. The molecule has 0 saturated carbocycles. The summed E-state index contributed by atoms with van der Waals surface area (Å²) in [5.41, 5.74) is 6.40. The molecule has 0 atom stereocenters. The number of hydrazone groups is 1. The SMILES string of the molecule is Cc1cc(/C=N/NC(=O)CC#N)c(C)n1-c1ccc(Br)cc1. The number of nitrogens with one attached hydrogen (secondary N) is 1. The second kappa shape index (κ2) is 7.05. The molecule has 0 bridgehead atoms. The average Bonchev–Trinajstić information content (AvgIpc) is 2.75. The van der Waals surface area contributed by atoms with Crippen molar-refractivity contribution in [3.63, 3.8) is 0 Å². The molecule has 22 heavy (non-hydrogen) atoms. The maximum Gasteiger partial charge on any atom is 0.254 e. The fourth-order valence-corrected chi connectivity index (χ4v) is 2.46. The number of aromatic nitrogens is 1. The summed E-state index contributed by atoms with van der Waals surface area (Å²) in [7, 11) is 0. The fraction of sp³-hybridized carbons (Fsp3) is 0.188. The van der Waals surface area contributed by atoms with Crippen molar-refractivity contribution in [2.45, 2.75) is 20.3 Å². The highest BCUT2D eigenvalue weighted by Gasteiger charge is 2.09. The quantitative estimate of drug-likeness (QED) is 0.673. The minimum absolute atomic E-state index is 0.199. The summed E-state index contributed by atoms with van der Waals surface area (Å²) in [5.74, 6) is -0.416. The van der Waals surface area contributed by atoms with Gasteiger partial charge in [-0.05, 0) is 44.2 Å². The van der Waals surface area contributed by atoms with Gasteiger partial charge in [-0.25, -0.2) is 5.43 Å².